The van der Waals surface area contributed by atoms with Gasteiger partial charge in [0.25, 0.3) is 0 Å². The Morgan fingerprint density at radius 2 is 1.00 bits per heavy atom. The molecule has 0 aromatic rings. The summed E-state index contributed by atoms with van der Waals surface area (Å²) in [6.07, 6.45) is 0. The van der Waals surface area contributed by atoms with Crippen LogP contribution in [0.3, 0.4) is 0 Å². The van der Waals surface area contributed by atoms with E-state index in [0.29, 0.717) is 0 Å². The summed E-state index contributed by atoms with van der Waals surface area (Å²) in [6, 6.07) is 0. The molecule has 0 spiro atoms. The Bertz CT molecular complexity index is 8.00. The predicted molar refractivity (Wildman–Crippen MR) is 0 cm³/mol. The molecule has 0 nitrogen and oxygen atoms in total. The van der Waals surface area contributed by atoms with Crippen LogP contribution < -0.4 is 94.6 Å². The summed E-state index contributed by atoms with van der Waals surface area (Å²) in [5.74, 6) is 0. The maximum Gasteiger partial charge on any atom is 2.00 e. The van der Waals surface area contributed by atoms with E-state index in [2.05, 4.69) is 0 Å². The van der Waals surface area contributed by atoms with E-state index in [1.54, 1.807) is 0 Å². The molecule has 0 aromatic heterocycles. The number of halogens is 2. The first-order valence-corrected chi connectivity index (χ1v) is 0. The number of rotatable bonds is 0. The molecule has 0 saturated carbocycles. The molecule has 0 amide bonds. The first kappa shape index (κ1) is 26.4. The smallest absolute Gasteiger partial charge is 1.00 e. The molecule has 0 aliphatic carbocycles. The van der Waals surface area contributed by atoms with Crippen LogP contribution in [0.4, 0.5) is 0 Å². The van der Waals surface area contributed by atoms with Crippen LogP contribution in [-0.2, 0) is 17.1 Å². The molecule has 1 radical (unpaired) electrons. The molecule has 0 aromatic carbocycles. The van der Waals surface area contributed by atoms with Crippen LogP contribution in [0.25, 0.3) is 0 Å². The fourth-order valence-corrected chi connectivity index (χ4v) is 0. The van der Waals surface area contributed by atoms with Crippen LogP contribution in [0.1, 0.15) is 0 Å². The molecule has 0 rings (SSSR count). The van der Waals surface area contributed by atoms with Crippen LogP contribution in [0, 0.1) is 0 Å². The van der Waals surface area contributed by atoms with E-state index in [0.717, 1.165) is 0 Å². The van der Waals surface area contributed by atoms with Crippen molar-refractivity contribution in [2.24, 2.45) is 0 Å². The summed E-state index contributed by atoms with van der Waals surface area (Å²) in [7, 11) is 0. The fourth-order valence-electron chi connectivity index (χ4n) is 0. The van der Waals surface area contributed by atoms with E-state index in [1.165, 1.54) is 0 Å². The zero-order valence-corrected chi connectivity index (χ0v) is 10.8. The monoisotopic (exact) mass is 310 g/mol. The van der Waals surface area contributed by atoms with Crippen LogP contribution in [-0.4, -0.2) is 0 Å². The topological polar surface area (TPSA) is 0 Å². The molecule has 0 aliphatic rings. The third kappa shape index (κ3) is 9.02. The summed E-state index contributed by atoms with van der Waals surface area (Å²) in [5, 5.41) is 0. The Kier molecular flexibility index (Phi) is 107. The molecule has 0 N–H and O–H groups in total. The Balaban J connectivity index is 0. The van der Waals surface area contributed by atoms with Crippen LogP contribution in [0.2, 0.25) is 0 Å². The molecule has 4 heavy (non-hydrogen) atoms. The minimum atomic E-state index is 0. The van der Waals surface area contributed by atoms with Gasteiger partial charge >= 0.3 is 75.3 Å². The van der Waals surface area contributed by atoms with Gasteiger partial charge in [0.15, 0.2) is 0 Å². The summed E-state index contributed by atoms with van der Waals surface area (Å²) in [6.45, 7) is 0. The minimum absolute atomic E-state index is 0. The van der Waals surface area contributed by atoms with Gasteiger partial charge in [0, 0.05) is 0 Å². The third-order valence-corrected chi connectivity index (χ3v) is 0. The first-order valence-electron chi connectivity index (χ1n) is 0. The molecule has 0 heterocycles. The molecule has 0 aliphatic heterocycles. The predicted octanol–water partition coefficient (Wildman–Crippen LogP) is -8.99. The second-order valence-corrected chi connectivity index (χ2v) is 0. The van der Waals surface area contributed by atoms with E-state index in [-0.39, 0.29) is 112 Å². The maximum atomic E-state index is 0. The summed E-state index contributed by atoms with van der Waals surface area (Å²) >= 11 is 0. The van der Waals surface area contributed by atoms with Gasteiger partial charge in [-0.1, -0.05) is 0 Å². The average molecular weight is 311 g/mol. The molecule has 0 unspecified atom stereocenters. The summed E-state index contributed by atoms with van der Waals surface area (Å²) in [5.41, 5.74) is 0. The Morgan fingerprint density at radius 1 is 1.00 bits per heavy atom. The van der Waals surface area contributed by atoms with E-state index >= 15 is 0 Å². The number of hydrogen-bond acceptors (Lipinski definition) is 0. The van der Waals surface area contributed by atoms with Gasteiger partial charge in [-0.25, -0.2) is 0 Å². The van der Waals surface area contributed by atoms with Crippen molar-refractivity contribution >= 4 is 0 Å². The van der Waals surface area contributed by atoms with Gasteiger partial charge in [0.1, 0.15) is 0 Å². The fraction of sp³-hybridized carbons (Fsp3) is 0. The Morgan fingerprint density at radius 3 is 1.00 bits per heavy atom. The van der Waals surface area contributed by atoms with E-state index in [1.807, 2.05) is 0 Å². The second kappa shape index (κ2) is 16.2. The van der Waals surface area contributed by atoms with Crippen molar-refractivity contribution in [2.75, 3.05) is 0 Å². The molecule has 0 atom stereocenters. The maximum absolute atomic E-state index is 0. The first-order chi connectivity index (χ1) is 0. The van der Waals surface area contributed by atoms with Gasteiger partial charge in [-0.3, -0.25) is 0 Å². The minimum Gasteiger partial charge on any atom is -1.00 e. The van der Waals surface area contributed by atoms with Crippen molar-refractivity contribution < 1.29 is 112 Å². The van der Waals surface area contributed by atoms with Crippen LogP contribution >= 0.6 is 0 Å². The van der Waals surface area contributed by atoms with Crippen molar-refractivity contribution in [3.63, 3.8) is 0 Å². The SMILES string of the molecule is [Cl-].[Cu+2].[I-].[Rb+]. The number of hydrogen-bond donors (Lipinski definition) is 0. The van der Waals surface area contributed by atoms with Gasteiger partial charge in [-0.05, 0) is 0 Å². The largest absolute Gasteiger partial charge is 2.00 e. The molecular weight excluding hydrogens is 311 g/mol. The zero-order valence-electron chi connectivity index (χ0n) is 2.06. The third-order valence-electron chi connectivity index (χ3n) is 0. The van der Waals surface area contributed by atoms with Crippen molar-refractivity contribution in [1.29, 1.82) is 0 Å². The Labute approximate surface area is 109 Å². The molecule has 0 fully saturated rings. The molecule has 25 valence electrons. The summed E-state index contributed by atoms with van der Waals surface area (Å²) in [4.78, 5) is 0. The molecule has 4 heteroatoms. The van der Waals surface area contributed by atoms with Crippen molar-refractivity contribution in [3.8, 4) is 0 Å². The van der Waals surface area contributed by atoms with E-state index in [9.17, 15) is 0 Å². The van der Waals surface area contributed by atoms with E-state index < -0.39 is 0 Å². The van der Waals surface area contributed by atoms with Gasteiger partial charge < -0.3 is 36.4 Å². The van der Waals surface area contributed by atoms with Crippen LogP contribution in [0.5, 0.6) is 0 Å². The second-order valence-electron chi connectivity index (χ2n) is 0. The van der Waals surface area contributed by atoms with Crippen molar-refractivity contribution in [3.05, 3.63) is 0 Å². The quantitative estimate of drug-likeness (QED) is 0.308. The van der Waals surface area contributed by atoms with E-state index in [4.69, 9.17) is 0 Å². The van der Waals surface area contributed by atoms with Gasteiger partial charge in [-0.2, -0.15) is 0 Å². The molecule has 0 saturated heterocycles. The molecule has 0 bridgehead atoms. The van der Waals surface area contributed by atoms with Crippen molar-refractivity contribution in [2.45, 2.75) is 0 Å². The summed E-state index contributed by atoms with van der Waals surface area (Å²) < 4.78 is 0. The average Bonchev–Trinajstić information content (AvgIpc) is 0. The van der Waals surface area contributed by atoms with Gasteiger partial charge in [0.2, 0.25) is 0 Å². The Hall–Kier alpha value is 3.34. The standard InChI is InChI=1S/ClH.Cu.HI.Rb/h1H;;1H;/q;+2;;+1/p-2. The van der Waals surface area contributed by atoms with Gasteiger partial charge in [0.05, 0.1) is 0 Å². The van der Waals surface area contributed by atoms with Gasteiger partial charge in [-0.15, -0.1) is 0 Å². The zero-order chi connectivity index (χ0) is 0. The van der Waals surface area contributed by atoms with Crippen LogP contribution in [0.15, 0.2) is 0 Å². The van der Waals surface area contributed by atoms with Crippen molar-refractivity contribution in [1.82, 2.24) is 0 Å². The normalized spacial score (nSPS) is 0. The molecular formula is ClCuIRb+.